The van der Waals surface area contributed by atoms with Crippen molar-refractivity contribution in [3.05, 3.63) is 60.2 Å². The van der Waals surface area contributed by atoms with Crippen molar-refractivity contribution in [1.82, 2.24) is 15.3 Å². The number of hydrogen-bond acceptors (Lipinski definition) is 6. The summed E-state index contributed by atoms with van der Waals surface area (Å²) < 4.78 is 0. The van der Waals surface area contributed by atoms with E-state index in [2.05, 4.69) is 28.3 Å². The molecule has 1 aliphatic rings. The maximum absolute atomic E-state index is 11.2. The van der Waals surface area contributed by atoms with Gasteiger partial charge in [0.25, 0.3) is 5.24 Å². The fourth-order valence-electron chi connectivity index (χ4n) is 1.80. The maximum atomic E-state index is 11.2. The molecular formula is C18H19N3O2S2. The molecule has 2 aromatic heterocycles. The van der Waals surface area contributed by atoms with E-state index in [1.807, 2.05) is 36.2 Å². The Hall–Kier alpha value is -2.12. The van der Waals surface area contributed by atoms with E-state index >= 15 is 0 Å². The smallest absolute Gasteiger partial charge is 0.291 e. The summed E-state index contributed by atoms with van der Waals surface area (Å²) >= 11 is 2.50. The Balaban J connectivity index is 0.000000186. The zero-order valence-electron chi connectivity index (χ0n) is 13.8. The van der Waals surface area contributed by atoms with Crippen LogP contribution in [-0.4, -0.2) is 26.1 Å². The van der Waals surface area contributed by atoms with E-state index in [9.17, 15) is 9.59 Å². The molecule has 5 nitrogen and oxygen atoms in total. The lowest BCUT2D eigenvalue weighted by atomic mass is 10.2. The van der Waals surface area contributed by atoms with Gasteiger partial charge in [-0.05, 0) is 42.0 Å². The number of carbonyl (C=O) groups is 2. The summed E-state index contributed by atoms with van der Waals surface area (Å²) in [6.45, 7) is 2.21. The lowest BCUT2D eigenvalue weighted by Crippen LogP contribution is -2.10. The van der Waals surface area contributed by atoms with Crippen LogP contribution in [0, 0.1) is 0 Å². The maximum Gasteiger partial charge on any atom is 0.291 e. The Morgan fingerprint density at radius 3 is 2.68 bits per heavy atom. The molecule has 0 bridgehead atoms. The van der Waals surface area contributed by atoms with Gasteiger partial charge < -0.3 is 5.32 Å². The average molecular weight is 374 g/mol. The number of aromatic nitrogens is 2. The summed E-state index contributed by atoms with van der Waals surface area (Å²) in [5.74, 6) is 1.19. The predicted molar refractivity (Wildman–Crippen MR) is 103 cm³/mol. The van der Waals surface area contributed by atoms with Gasteiger partial charge in [0.2, 0.25) is 5.12 Å². The summed E-state index contributed by atoms with van der Waals surface area (Å²) in [5.41, 5.74) is 1.10. The summed E-state index contributed by atoms with van der Waals surface area (Å²) in [7, 11) is 0. The molecule has 0 aromatic carbocycles. The van der Waals surface area contributed by atoms with Gasteiger partial charge in [-0.25, -0.2) is 4.98 Å². The molecule has 0 saturated carbocycles. The van der Waals surface area contributed by atoms with E-state index in [0.29, 0.717) is 17.5 Å². The van der Waals surface area contributed by atoms with Crippen LogP contribution in [0.15, 0.2) is 59.6 Å². The Kier molecular flexibility index (Phi) is 8.21. The van der Waals surface area contributed by atoms with Gasteiger partial charge >= 0.3 is 0 Å². The molecule has 0 atom stereocenters. The molecule has 3 heterocycles. The van der Waals surface area contributed by atoms with Crippen LogP contribution in [-0.2, 0) is 4.79 Å². The second-order valence-electron chi connectivity index (χ2n) is 5.02. The molecule has 0 radical (unpaired) electrons. The zero-order valence-corrected chi connectivity index (χ0v) is 15.5. The highest BCUT2D eigenvalue weighted by Gasteiger charge is 2.24. The molecule has 1 saturated heterocycles. The Bertz CT molecular complexity index is 722. The number of pyridine rings is 2. The molecule has 130 valence electrons. The van der Waals surface area contributed by atoms with E-state index in [1.54, 1.807) is 24.5 Å². The zero-order chi connectivity index (χ0) is 17.9. The van der Waals surface area contributed by atoms with Crippen molar-refractivity contribution in [2.75, 3.05) is 5.75 Å². The largest absolute Gasteiger partial charge is 0.313 e. The number of nitrogens with one attached hydrogen (secondary N) is 1. The summed E-state index contributed by atoms with van der Waals surface area (Å²) in [4.78, 5) is 30.1. The first-order valence-corrected chi connectivity index (χ1v) is 9.68. The molecular weight excluding hydrogens is 354 g/mol. The lowest BCUT2D eigenvalue weighted by Gasteiger charge is -1.96. The molecule has 0 unspecified atom stereocenters. The standard InChI is InChI=1S/C9H6N2O2S.C9H13NS/c12-8-7(11-9(13)14-8)4-6-2-1-3-10-5-6;1-2-3-8-11-9-6-4-5-7-10-9/h1-5H,(H,11,13);4-7H,2-3,8H2,1H3. The third kappa shape index (κ3) is 7.11. The van der Waals surface area contributed by atoms with Gasteiger partial charge in [0.1, 0.15) is 0 Å². The number of hydrogen-bond donors (Lipinski definition) is 1. The highest BCUT2D eigenvalue weighted by molar-refractivity contribution is 8.27. The Morgan fingerprint density at radius 2 is 2.08 bits per heavy atom. The lowest BCUT2D eigenvalue weighted by molar-refractivity contribution is -0.107. The third-order valence-corrected chi connectivity index (χ3v) is 4.75. The van der Waals surface area contributed by atoms with Gasteiger partial charge in [-0.2, -0.15) is 0 Å². The fourth-order valence-corrected chi connectivity index (χ4v) is 3.30. The van der Waals surface area contributed by atoms with Gasteiger partial charge in [0.15, 0.2) is 0 Å². The van der Waals surface area contributed by atoms with Gasteiger partial charge in [-0.3, -0.25) is 14.6 Å². The molecule has 1 amide bonds. The van der Waals surface area contributed by atoms with Crippen LogP contribution in [0.5, 0.6) is 0 Å². The number of amides is 1. The number of nitrogens with zero attached hydrogens (tertiary/aromatic N) is 2. The minimum absolute atomic E-state index is 0.251. The van der Waals surface area contributed by atoms with Crippen LogP contribution in [0.1, 0.15) is 25.3 Å². The average Bonchev–Trinajstić information content (AvgIpc) is 2.95. The summed E-state index contributed by atoms with van der Waals surface area (Å²) in [6.07, 6.45) is 9.25. The number of rotatable bonds is 5. The second-order valence-corrected chi connectivity index (χ2v) is 7.08. The van der Waals surface area contributed by atoms with Crippen molar-refractivity contribution in [2.24, 2.45) is 0 Å². The quantitative estimate of drug-likeness (QED) is 0.476. The van der Waals surface area contributed by atoms with Crippen LogP contribution in [0.2, 0.25) is 0 Å². The van der Waals surface area contributed by atoms with Gasteiger partial charge in [-0.15, -0.1) is 11.8 Å². The molecule has 1 N–H and O–H groups in total. The van der Waals surface area contributed by atoms with Crippen molar-refractivity contribution in [2.45, 2.75) is 24.8 Å². The molecule has 1 fully saturated rings. The van der Waals surface area contributed by atoms with E-state index in [0.717, 1.165) is 10.6 Å². The number of unbranched alkanes of at least 4 members (excludes halogenated alkanes) is 1. The minimum Gasteiger partial charge on any atom is -0.313 e. The van der Waals surface area contributed by atoms with E-state index in [4.69, 9.17) is 0 Å². The topological polar surface area (TPSA) is 72.0 Å². The van der Waals surface area contributed by atoms with Crippen molar-refractivity contribution >= 4 is 40.0 Å². The minimum atomic E-state index is -0.329. The van der Waals surface area contributed by atoms with Crippen molar-refractivity contribution in [3.8, 4) is 0 Å². The van der Waals surface area contributed by atoms with Crippen molar-refractivity contribution in [3.63, 3.8) is 0 Å². The number of thioether (sulfide) groups is 2. The SMILES string of the molecule is CCCCSc1ccccn1.O=C1NC(=Cc2cccnc2)C(=O)S1. The molecule has 25 heavy (non-hydrogen) atoms. The highest BCUT2D eigenvalue weighted by Crippen LogP contribution is 2.20. The van der Waals surface area contributed by atoms with Crippen LogP contribution < -0.4 is 5.32 Å². The molecule has 1 aliphatic heterocycles. The van der Waals surface area contributed by atoms with Gasteiger partial charge in [0, 0.05) is 30.4 Å². The second kappa shape index (κ2) is 10.7. The first kappa shape index (κ1) is 19.2. The van der Waals surface area contributed by atoms with Crippen LogP contribution >= 0.6 is 23.5 Å². The van der Waals surface area contributed by atoms with Crippen LogP contribution in [0.25, 0.3) is 6.08 Å². The van der Waals surface area contributed by atoms with E-state index in [-0.39, 0.29) is 10.4 Å². The van der Waals surface area contributed by atoms with Crippen molar-refractivity contribution < 1.29 is 9.59 Å². The summed E-state index contributed by atoms with van der Waals surface area (Å²) in [5, 5.41) is 3.02. The third-order valence-electron chi connectivity index (χ3n) is 3.02. The van der Waals surface area contributed by atoms with Crippen molar-refractivity contribution in [1.29, 1.82) is 0 Å². The molecule has 0 aliphatic carbocycles. The van der Waals surface area contributed by atoms with E-state index < -0.39 is 0 Å². The van der Waals surface area contributed by atoms with E-state index in [1.165, 1.54) is 18.6 Å². The Morgan fingerprint density at radius 1 is 1.20 bits per heavy atom. The monoisotopic (exact) mass is 373 g/mol. The fraction of sp³-hybridized carbons (Fsp3) is 0.222. The van der Waals surface area contributed by atoms with Crippen LogP contribution in [0.3, 0.4) is 0 Å². The molecule has 2 aromatic rings. The van der Waals surface area contributed by atoms with Gasteiger partial charge in [-0.1, -0.05) is 25.5 Å². The number of carbonyl (C=O) groups excluding carboxylic acids is 2. The molecule has 0 spiro atoms. The Labute approximate surface area is 155 Å². The summed E-state index contributed by atoms with van der Waals surface area (Å²) in [6, 6.07) is 9.61. The highest BCUT2D eigenvalue weighted by atomic mass is 32.2. The first-order valence-electron chi connectivity index (χ1n) is 7.87. The molecule has 3 rings (SSSR count). The molecule has 7 heteroatoms. The van der Waals surface area contributed by atoms with Crippen LogP contribution in [0.4, 0.5) is 4.79 Å². The van der Waals surface area contributed by atoms with Gasteiger partial charge in [0.05, 0.1) is 10.7 Å². The first-order chi connectivity index (χ1) is 12.2. The normalized spacial score (nSPS) is 14.8. The predicted octanol–water partition coefficient (Wildman–Crippen LogP) is 4.38.